The molecule has 0 heterocycles. The van der Waals surface area contributed by atoms with Crippen LogP contribution in [0.15, 0.2) is 0 Å². The van der Waals surface area contributed by atoms with Gasteiger partial charge in [-0.25, -0.2) is 0 Å². The van der Waals surface area contributed by atoms with Crippen molar-refractivity contribution in [3.8, 4) is 0 Å². The average Bonchev–Trinajstić information content (AvgIpc) is 1.88. The molecular weight excluding hydrogens is 134 g/mol. The van der Waals surface area contributed by atoms with Gasteiger partial charge in [0.2, 0.25) is 0 Å². The summed E-state index contributed by atoms with van der Waals surface area (Å²) in [5, 5.41) is 16.8. The van der Waals surface area contributed by atoms with Gasteiger partial charge in [0.1, 0.15) is 6.04 Å². The number of nitrogens with one attached hydrogen (secondary N) is 1. The Hall–Kier alpha value is -0.610. The van der Waals surface area contributed by atoms with Crippen LogP contribution in [0, 0.1) is 5.92 Å². The Morgan fingerprint density at radius 3 is 2.30 bits per heavy atom. The molecule has 4 nitrogen and oxygen atoms in total. The van der Waals surface area contributed by atoms with Crippen LogP contribution in [-0.2, 0) is 4.79 Å². The third-order valence-electron chi connectivity index (χ3n) is 1.62. The maximum atomic E-state index is 10.3. The molecule has 0 aromatic heterocycles. The number of hydrogen-bond donors (Lipinski definition) is 3. The number of rotatable bonds is 4. The fourth-order valence-corrected chi connectivity index (χ4v) is 0.662. The lowest BCUT2D eigenvalue weighted by Gasteiger charge is -2.15. The zero-order valence-corrected chi connectivity index (χ0v) is 6.16. The fraction of sp³-hybridized carbons (Fsp3) is 0.833. The van der Waals surface area contributed by atoms with Crippen LogP contribution in [0.4, 0.5) is 0 Å². The van der Waals surface area contributed by atoms with Gasteiger partial charge in [-0.05, 0) is 5.92 Å². The van der Waals surface area contributed by atoms with Crippen molar-refractivity contribution in [2.45, 2.75) is 26.3 Å². The van der Waals surface area contributed by atoms with Gasteiger partial charge in [0, 0.05) is 0 Å². The highest BCUT2D eigenvalue weighted by Crippen LogP contribution is 2.06. The molecule has 0 aromatic carbocycles. The van der Waals surface area contributed by atoms with E-state index in [-0.39, 0.29) is 5.92 Å². The first-order valence-electron chi connectivity index (χ1n) is 3.25. The molecule has 0 bridgehead atoms. The van der Waals surface area contributed by atoms with E-state index in [4.69, 9.17) is 10.3 Å². The summed E-state index contributed by atoms with van der Waals surface area (Å²) in [5.74, 6) is -1.07. The number of aliphatic carboxylic acids is 1. The zero-order chi connectivity index (χ0) is 8.15. The average molecular weight is 147 g/mol. The van der Waals surface area contributed by atoms with E-state index in [1.54, 1.807) is 12.4 Å². The predicted octanol–water partition coefficient (Wildman–Crippen LogP) is 0.464. The SMILES string of the molecule is CC[C@@H](C)[C@H](NO)C(=O)O. The van der Waals surface area contributed by atoms with E-state index in [2.05, 4.69) is 0 Å². The molecule has 0 aliphatic carbocycles. The van der Waals surface area contributed by atoms with Gasteiger partial charge in [-0.15, -0.1) is 0 Å². The second-order valence-electron chi connectivity index (χ2n) is 2.33. The summed E-state index contributed by atoms with van der Waals surface area (Å²) in [6.45, 7) is 3.64. The molecular formula is C6H13NO3. The van der Waals surface area contributed by atoms with Gasteiger partial charge in [0.25, 0.3) is 0 Å². The largest absolute Gasteiger partial charge is 0.480 e. The number of carboxylic acid groups (broad SMARTS) is 1. The van der Waals surface area contributed by atoms with Crippen LogP contribution in [0.3, 0.4) is 0 Å². The first-order chi connectivity index (χ1) is 4.63. The van der Waals surface area contributed by atoms with Crippen LogP contribution in [0.1, 0.15) is 20.3 Å². The van der Waals surface area contributed by atoms with Crippen LogP contribution in [0.2, 0.25) is 0 Å². The quantitative estimate of drug-likeness (QED) is 0.505. The molecule has 0 radical (unpaired) electrons. The van der Waals surface area contributed by atoms with Crippen molar-refractivity contribution >= 4 is 5.97 Å². The van der Waals surface area contributed by atoms with E-state index in [1.165, 1.54) is 0 Å². The molecule has 0 amide bonds. The monoisotopic (exact) mass is 147 g/mol. The van der Waals surface area contributed by atoms with Crippen molar-refractivity contribution in [3.63, 3.8) is 0 Å². The number of hydrogen-bond acceptors (Lipinski definition) is 3. The highest BCUT2D eigenvalue weighted by molar-refractivity contribution is 5.73. The summed E-state index contributed by atoms with van der Waals surface area (Å²) >= 11 is 0. The van der Waals surface area contributed by atoms with E-state index in [0.29, 0.717) is 0 Å². The molecule has 0 saturated heterocycles. The Labute approximate surface area is 59.8 Å². The van der Waals surface area contributed by atoms with Crippen molar-refractivity contribution in [1.29, 1.82) is 0 Å². The Morgan fingerprint density at radius 1 is 1.70 bits per heavy atom. The second kappa shape index (κ2) is 4.24. The zero-order valence-electron chi connectivity index (χ0n) is 6.16. The Balaban J connectivity index is 3.92. The van der Waals surface area contributed by atoms with Crippen LogP contribution in [0.25, 0.3) is 0 Å². The van der Waals surface area contributed by atoms with Gasteiger partial charge in [0.15, 0.2) is 0 Å². The lowest BCUT2D eigenvalue weighted by Crippen LogP contribution is -2.39. The predicted molar refractivity (Wildman–Crippen MR) is 35.8 cm³/mol. The molecule has 2 atom stereocenters. The molecule has 0 rings (SSSR count). The van der Waals surface area contributed by atoms with Crippen LogP contribution >= 0.6 is 0 Å². The minimum Gasteiger partial charge on any atom is -0.480 e. The summed E-state index contributed by atoms with van der Waals surface area (Å²) in [4.78, 5) is 10.3. The highest BCUT2D eigenvalue weighted by atomic mass is 16.5. The van der Waals surface area contributed by atoms with Crippen molar-refractivity contribution in [3.05, 3.63) is 0 Å². The molecule has 0 unspecified atom stereocenters. The number of carbonyl (C=O) groups is 1. The minimum atomic E-state index is -1.02. The summed E-state index contributed by atoms with van der Waals surface area (Å²) in [5.41, 5.74) is 1.75. The Kier molecular flexibility index (Phi) is 3.99. The highest BCUT2D eigenvalue weighted by Gasteiger charge is 2.21. The standard InChI is InChI=1S/C6H13NO3/c1-3-4(2)5(7-10)6(8)9/h4-5,7,10H,3H2,1-2H3,(H,8,9)/t4-,5+/m1/s1. The van der Waals surface area contributed by atoms with Gasteiger partial charge in [-0.1, -0.05) is 20.3 Å². The van der Waals surface area contributed by atoms with Crippen molar-refractivity contribution in [2.75, 3.05) is 0 Å². The maximum absolute atomic E-state index is 10.3. The lowest BCUT2D eigenvalue weighted by molar-refractivity contribution is -0.144. The van der Waals surface area contributed by atoms with Crippen molar-refractivity contribution < 1.29 is 15.1 Å². The van der Waals surface area contributed by atoms with E-state index in [9.17, 15) is 4.79 Å². The first kappa shape index (κ1) is 9.39. The van der Waals surface area contributed by atoms with Gasteiger partial charge in [0.05, 0.1) is 0 Å². The molecule has 0 aliphatic rings. The van der Waals surface area contributed by atoms with Crippen LogP contribution in [0.5, 0.6) is 0 Å². The second-order valence-corrected chi connectivity index (χ2v) is 2.33. The Bertz CT molecular complexity index is 116. The number of hydroxylamine groups is 1. The fourth-order valence-electron chi connectivity index (χ4n) is 0.662. The van der Waals surface area contributed by atoms with Gasteiger partial charge in [-0.2, -0.15) is 5.48 Å². The minimum absolute atomic E-state index is 0.0532. The van der Waals surface area contributed by atoms with E-state index < -0.39 is 12.0 Å². The van der Waals surface area contributed by atoms with E-state index >= 15 is 0 Å². The number of carboxylic acids is 1. The van der Waals surface area contributed by atoms with Crippen LogP contribution in [-0.4, -0.2) is 22.3 Å². The van der Waals surface area contributed by atoms with E-state index in [1.807, 2.05) is 6.92 Å². The summed E-state index contributed by atoms with van der Waals surface area (Å²) in [6.07, 6.45) is 0.727. The molecule has 0 aliphatic heterocycles. The third kappa shape index (κ3) is 2.33. The molecule has 10 heavy (non-hydrogen) atoms. The van der Waals surface area contributed by atoms with E-state index in [0.717, 1.165) is 6.42 Å². The lowest BCUT2D eigenvalue weighted by atomic mass is 10.0. The summed E-state index contributed by atoms with van der Waals surface area (Å²) in [7, 11) is 0. The molecule has 4 heteroatoms. The first-order valence-corrected chi connectivity index (χ1v) is 3.25. The van der Waals surface area contributed by atoms with Gasteiger partial charge < -0.3 is 10.3 Å². The van der Waals surface area contributed by atoms with Crippen LogP contribution < -0.4 is 5.48 Å². The van der Waals surface area contributed by atoms with Crippen molar-refractivity contribution in [2.24, 2.45) is 5.92 Å². The molecule has 3 N–H and O–H groups in total. The molecule has 0 saturated carbocycles. The third-order valence-corrected chi connectivity index (χ3v) is 1.62. The molecule has 0 aromatic rings. The molecule has 0 spiro atoms. The summed E-state index contributed by atoms with van der Waals surface area (Å²) < 4.78 is 0. The van der Waals surface area contributed by atoms with Crippen molar-refractivity contribution in [1.82, 2.24) is 5.48 Å². The topological polar surface area (TPSA) is 69.6 Å². The van der Waals surface area contributed by atoms with Gasteiger partial charge >= 0.3 is 5.97 Å². The molecule has 0 fully saturated rings. The smallest absolute Gasteiger partial charge is 0.323 e. The maximum Gasteiger partial charge on any atom is 0.323 e. The summed E-state index contributed by atoms with van der Waals surface area (Å²) in [6, 6.07) is -0.843. The molecule has 60 valence electrons. The normalized spacial score (nSPS) is 16.3. The van der Waals surface area contributed by atoms with Gasteiger partial charge in [-0.3, -0.25) is 4.79 Å². The Morgan fingerprint density at radius 2 is 2.20 bits per heavy atom.